The quantitative estimate of drug-likeness (QED) is 0.659. The largest absolute Gasteiger partial charge is 0.380 e. The Bertz CT molecular complexity index is 162. The van der Waals surface area contributed by atoms with Crippen LogP contribution in [0, 0.1) is 5.92 Å². The molecule has 0 rings (SSSR count). The van der Waals surface area contributed by atoms with Gasteiger partial charge in [0.25, 0.3) is 0 Å². The molecule has 84 valence electrons. The van der Waals surface area contributed by atoms with Gasteiger partial charge in [-0.25, -0.2) is 0 Å². The lowest BCUT2D eigenvalue weighted by Crippen LogP contribution is -2.39. The zero-order valence-corrected chi connectivity index (χ0v) is 9.54. The number of carbonyl (C=O) groups excluding carboxylic acids is 1. The molecule has 4 nitrogen and oxygen atoms in total. The van der Waals surface area contributed by atoms with Crippen molar-refractivity contribution in [2.45, 2.75) is 39.3 Å². The first-order valence-electron chi connectivity index (χ1n) is 5.03. The van der Waals surface area contributed by atoms with Crippen LogP contribution in [0.1, 0.15) is 27.2 Å². The first-order chi connectivity index (χ1) is 6.51. The summed E-state index contributed by atoms with van der Waals surface area (Å²) in [4.78, 5) is 11.4. The van der Waals surface area contributed by atoms with E-state index in [0.717, 1.165) is 0 Å². The van der Waals surface area contributed by atoms with Crippen LogP contribution in [0.5, 0.6) is 0 Å². The molecular weight excluding hydrogens is 180 g/mol. The summed E-state index contributed by atoms with van der Waals surface area (Å²) in [5, 5.41) is 2.90. The van der Waals surface area contributed by atoms with Gasteiger partial charge in [0.2, 0.25) is 5.91 Å². The van der Waals surface area contributed by atoms with E-state index in [-0.39, 0.29) is 18.1 Å². The lowest BCUT2D eigenvalue weighted by Gasteiger charge is -2.19. The average Bonchev–Trinajstić information content (AvgIpc) is 2.13. The van der Waals surface area contributed by atoms with E-state index >= 15 is 0 Å². The molecule has 0 spiro atoms. The predicted octanol–water partition coefficient (Wildman–Crippen LogP) is 0.511. The van der Waals surface area contributed by atoms with E-state index in [1.54, 1.807) is 7.11 Å². The van der Waals surface area contributed by atoms with Crippen LogP contribution in [-0.2, 0) is 9.53 Å². The summed E-state index contributed by atoms with van der Waals surface area (Å²) >= 11 is 0. The second-order valence-electron chi connectivity index (χ2n) is 3.90. The lowest BCUT2D eigenvalue weighted by molar-refractivity contribution is -0.124. The summed E-state index contributed by atoms with van der Waals surface area (Å²) in [6.45, 7) is 6.51. The van der Waals surface area contributed by atoms with Crippen molar-refractivity contribution in [2.24, 2.45) is 11.7 Å². The summed E-state index contributed by atoms with van der Waals surface area (Å²) in [5.74, 6) is 0.446. The molecule has 1 amide bonds. The second kappa shape index (κ2) is 6.79. The number of amides is 1. The molecule has 0 bridgehead atoms. The van der Waals surface area contributed by atoms with E-state index in [1.165, 1.54) is 0 Å². The molecule has 2 atom stereocenters. The van der Waals surface area contributed by atoms with Gasteiger partial charge in [0.15, 0.2) is 0 Å². The SMILES string of the molecule is COC(CN)CC(=O)NC(C)C(C)C. The minimum Gasteiger partial charge on any atom is -0.380 e. The fourth-order valence-electron chi connectivity index (χ4n) is 0.949. The Balaban J connectivity index is 3.85. The molecule has 0 saturated heterocycles. The van der Waals surface area contributed by atoms with Gasteiger partial charge in [-0.2, -0.15) is 0 Å². The third-order valence-electron chi connectivity index (χ3n) is 2.40. The van der Waals surface area contributed by atoms with E-state index in [4.69, 9.17) is 10.5 Å². The van der Waals surface area contributed by atoms with Crippen molar-refractivity contribution in [1.82, 2.24) is 5.32 Å². The molecule has 2 unspecified atom stereocenters. The van der Waals surface area contributed by atoms with Crippen LogP contribution in [0.2, 0.25) is 0 Å². The first kappa shape index (κ1) is 13.4. The van der Waals surface area contributed by atoms with Crippen LogP contribution in [0.4, 0.5) is 0 Å². The summed E-state index contributed by atoms with van der Waals surface area (Å²) in [6, 6.07) is 0.192. The van der Waals surface area contributed by atoms with Gasteiger partial charge in [-0.1, -0.05) is 13.8 Å². The maximum Gasteiger partial charge on any atom is 0.222 e. The summed E-state index contributed by atoms with van der Waals surface area (Å²) in [7, 11) is 1.57. The standard InChI is InChI=1S/C10H22N2O2/c1-7(2)8(3)12-10(13)5-9(6-11)14-4/h7-9H,5-6,11H2,1-4H3,(H,12,13). The maximum absolute atomic E-state index is 11.4. The number of carbonyl (C=O) groups is 1. The highest BCUT2D eigenvalue weighted by atomic mass is 16.5. The van der Waals surface area contributed by atoms with Gasteiger partial charge in [0.1, 0.15) is 0 Å². The Labute approximate surface area is 86.2 Å². The molecule has 14 heavy (non-hydrogen) atoms. The minimum absolute atomic E-state index is 0.00324. The van der Waals surface area contributed by atoms with Gasteiger partial charge >= 0.3 is 0 Å². The summed E-state index contributed by atoms with van der Waals surface area (Å²) in [6.07, 6.45) is 0.165. The molecule has 0 fully saturated rings. The van der Waals surface area contributed by atoms with Crippen molar-refractivity contribution in [1.29, 1.82) is 0 Å². The topological polar surface area (TPSA) is 64.3 Å². The van der Waals surface area contributed by atoms with Crippen molar-refractivity contribution in [3.05, 3.63) is 0 Å². The third kappa shape index (κ3) is 5.19. The zero-order chi connectivity index (χ0) is 11.1. The lowest BCUT2D eigenvalue weighted by atomic mass is 10.1. The van der Waals surface area contributed by atoms with Gasteiger partial charge in [-0.3, -0.25) is 4.79 Å². The molecule has 0 aliphatic rings. The van der Waals surface area contributed by atoms with E-state index in [0.29, 0.717) is 18.9 Å². The fraction of sp³-hybridized carbons (Fsp3) is 0.900. The Kier molecular flexibility index (Phi) is 6.49. The molecule has 4 heteroatoms. The van der Waals surface area contributed by atoms with E-state index in [9.17, 15) is 4.79 Å². The van der Waals surface area contributed by atoms with Crippen molar-refractivity contribution in [2.75, 3.05) is 13.7 Å². The smallest absolute Gasteiger partial charge is 0.222 e. The Morgan fingerprint density at radius 1 is 1.43 bits per heavy atom. The third-order valence-corrected chi connectivity index (χ3v) is 2.40. The fourth-order valence-corrected chi connectivity index (χ4v) is 0.949. The molecule has 3 N–H and O–H groups in total. The Morgan fingerprint density at radius 2 is 2.00 bits per heavy atom. The number of hydrogen-bond donors (Lipinski definition) is 2. The molecular formula is C10H22N2O2. The van der Waals surface area contributed by atoms with Gasteiger partial charge in [0, 0.05) is 19.7 Å². The number of rotatable bonds is 6. The number of hydrogen-bond acceptors (Lipinski definition) is 3. The first-order valence-corrected chi connectivity index (χ1v) is 5.03. The van der Waals surface area contributed by atoms with Crippen molar-refractivity contribution in [3.63, 3.8) is 0 Å². The van der Waals surface area contributed by atoms with E-state index < -0.39 is 0 Å². The van der Waals surface area contributed by atoms with E-state index in [1.807, 2.05) is 6.92 Å². The van der Waals surface area contributed by atoms with E-state index in [2.05, 4.69) is 19.2 Å². The molecule has 0 heterocycles. The number of nitrogens with two attached hydrogens (primary N) is 1. The molecule has 0 aliphatic carbocycles. The summed E-state index contributed by atoms with van der Waals surface area (Å²) in [5.41, 5.74) is 5.42. The normalized spacial score (nSPS) is 15.3. The van der Waals surface area contributed by atoms with Gasteiger partial charge in [0.05, 0.1) is 12.5 Å². The molecule has 0 aromatic carbocycles. The number of ether oxygens (including phenoxy) is 1. The van der Waals surface area contributed by atoms with Gasteiger partial charge < -0.3 is 15.8 Å². The number of methoxy groups -OCH3 is 1. The van der Waals surface area contributed by atoms with Crippen LogP contribution in [0.15, 0.2) is 0 Å². The van der Waals surface area contributed by atoms with Crippen LogP contribution in [-0.4, -0.2) is 31.7 Å². The Hall–Kier alpha value is -0.610. The molecule has 0 aliphatic heterocycles. The zero-order valence-electron chi connectivity index (χ0n) is 9.54. The average molecular weight is 202 g/mol. The van der Waals surface area contributed by atoms with Gasteiger partial charge in [-0.15, -0.1) is 0 Å². The molecule has 0 aromatic rings. The predicted molar refractivity (Wildman–Crippen MR) is 56.9 cm³/mol. The monoisotopic (exact) mass is 202 g/mol. The van der Waals surface area contributed by atoms with Crippen LogP contribution in [0.25, 0.3) is 0 Å². The van der Waals surface area contributed by atoms with Crippen LogP contribution < -0.4 is 11.1 Å². The minimum atomic E-state index is -0.172. The van der Waals surface area contributed by atoms with Crippen molar-refractivity contribution < 1.29 is 9.53 Å². The highest BCUT2D eigenvalue weighted by Gasteiger charge is 2.14. The number of nitrogens with one attached hydrogen (secondary N) is 1. The van der Waals surface area contributed by atoms with Crippen molar-refractivity contribution in [3.8, 4) is 0 Å². The van der Waals surface area contributed by atoms with Gasteiger partial charge in [-0.05, 0) is 12.8 Å². The molecule has 0 saturated carbocycles. The Morgan fingerprint density at radius 3 is 2.36 bits per heavy atom. The van der Waals surface area contributed by atoms with Crippen molar-refractivity contribution >= 4 is 5.91 Å². The maximum atomic E-state index is 11.4. The highest BCUT2D eigenvalue weighted by Crippen LogP contribution is 2.01. The second-order valence-corrected chi connectivity index (χ2v) is 3.90. The highest BCUT2D eigenvalue weighted by molar-refractivity contribution is 5.76. The van der Waals surface area contributed by atoms with Crippen LogP contribution >= 0.6 is 0 Å². The van der Waals surface area contributed by atoms with Crippen LogP contribution in [0.3, 0.4) is 0 Å². The molecule has 0 aromatic heterocycles. The molecule has 0 radical (unpaired) electrons. The summed E-state index contributed by atoms with van der Waals surface area (Å²) < 4.78 is 5.03.